The Bertz CT molecular complexity index is 385. The molecule has 0 radical (unpaired) electrons. The zero-order chi connectivity index (χ0) is 11.4. The molecule has 0 aliphatic rings. The molecule has 0 amide bonds. The van der Waals surface area contributed by atoms with Gasteiger partial charge in [-0.15, -0.1) is 0 Å². The van der Waals surface area contributed by atoms with Crippen LogP contribution in [-0.2, 0) is 0 Å². The van der Waals surface area contributed by atoms with Crippen molar-refractivity contribution >= 4 is 0 Å². The summed E-state index contributed by atoms with van der Waals surface area (Å²) in [6.45, 7) is 3.35. The van der Waals surface area contributed by atoms with Gasteiger partial charge in [0.2, 0.25) is 0 Å². The maximum absolute atomic E-state index is 13.0. The number of hydrogen-bond donors (Lipinski definition) is 1. The number of nitrogens with two attached hydrogens (primary N) is 1. The molecule has 2 atom stereocenters. The highest BCUT2D eigenvalue weighted by Gasteiger charge is 2.11. The van der Waals surface area contributed by atoms with Crippen molar-refractivity contribution in [1.82, 2.24) is 0 Å². The summed E-state index contributed by atoms with van der Waals surface area (Å²) in [6, 6.07) is 5.70. The van der Waals surface area contributed by atoms with E-state index in [9.17, 15) is 4.39 Å². The van der Waals surface area contributed by atoms with E-state index in [1.807, 2.05) is 6.07 Å². The number of nitriles is 1. The minimum Gasteiger partial charge on any atom is -0.476 e. The van der Waals surface area contributed by atoms with Crippen LogP contribution in [-0.4, -0.2) is 6.10 Å². The van der Waals surface area contributed by atoms with Gasteiger partial charge >= 0.3 is 0 Å². The molecule has 0 saturated carbocycles. The standard InChI is InChI=1S/C11H13FN2O/c1-7(6-13)15-11-4-3-9(12)5-10(11)8(2)14/h3-5,7-8H,14H2,1-2H3/t7?,8-/m0/s1. The van der Waals surface area contributed by atoms with Crippen LogP contribution in [0.2, 0.25) is 0 Å². The Hall–Kier alpha value is -1.60. The third-order valence-electron chi connectivity index (χ3n) is 1.95. The van der Waals surface area contributed by atoms with E-state index in [-0.39, 0.29) is 11.9 Å². The molecule has 0 aliphatic heterocycles. The van der Waals surface area contributed by atoms with Gasteiger partial charge in [-0.2, -0.15) is 5.26 Å². The van der Waals surface area contributed by atoms with Crippen LogP contribution in [0.5, 0.6) is 5.75 Å². The number of rotatable bonds is 3. The largest absolute Gasteiger partial charge is 0.476 e. The zero-order valence-corrected chi connectivity index (χ0v) is 8.70. The van der Waals surface area contributed by atoms with Gasteiger partial charge in [-0.25, -0.2) is 4.39 Å². The van der Waals surface area contributed by atoms with Crippen LogP contribution in [0.25, 0.3) is 0 Å². The van der Waals surface area contributed by atoms with Gasteiger partial charge in [-0.1, -0.05) is 0 Å². The Labute approximate surface area is 88.3 Å². The van der Waals surface area contributed by atoms with Crippen molar-refractivity contribution in [2.24, 2.45) is 5.73 Å². The van der Waals surface area contributed by atoms with Gasteiger partial charge in [0.15, 0.2) is 6.10 Å². The minimum absolute atomic E-state index is 0.332. The molecule has 3 nitrogen and oxygen atoms in total. The Morgan fingerprint density at radius 3 is 2.67 bits per heavy atom. The third kappa shape index (κ3) is 2.93. The first kappa shape index (κ1) is 11.5. The van der Waals surface area contributed by atoms with Crippen LogP contribution in [0.1, 0.15) is 25.5 Å². The Morgan fingerprint density at radius 1 is 1.47 bits per heavy atom. The van der Waals surface area contributed by atoms with Gasteiger partial charge in [0, 0.05) is 11.6 Å². The molecule has 0 heterocycles. The van der Waals surface area contributed by atoms with Crippen LogP contribution in [0.4, 0.5) is 4.39 Å². The molecular weight excluding hydrogens is 195 g/mol. The smallest absolute Gasteiger partial charge is 0.181 e. The average molecular weight is 208 g/mol. The van der Waals surface area contributed by atoms with Gasteiger partial charge in [-0.3, -0.25) is 0 Å². The molecule has 0 fully saturated rings. The van der Waals surface area contributed by atoms with E-state index in [1.165, 1.54) is 18.2 Å². The number of benzene rings is 1. The first-order valence-electron chi connectivity index (χ1n) is 4.66. The average Bonchev–Trinajstić information content (AvgIpc) is 2.20. The van der Waals surface area contributed by atoms with Gasteiger partial charge in [0.05, 0.1) is 0 Å². The second-order valence-corrected chi connectivity index (χ2v) is 3.36. The van der Waals surface area contributed by atoms with Crippen LogP contribution in [0, 0.1) is 17.1 Å². The van der Waals surface area contributed by atoms with E-state index in [0.29, 0.717) is 11.3 Å². The van der Waals surface area contributed by atoms with Crippen LogP contribution in [0.15, 0.2) is 18.2 Å². The summed E-state index contributed by atoms with van der Waals surface area (Å²) in [4.78, 5) is 0. The molecule has 0 saturated heterocycles. The van der Waals surface area contributed by atoms with E-state index < -0.39 is 6.10 Å². The maximum atomic E-state index is 13.0. The molecule has 1 aromatic rings. The lowest BCUT2D eigenvalue weighted by molar-refractivity contribution is 0.272. The molecule has 0 aliphatic carbocycles. The zero-order valence-electron chi connectivity index (χ0n) is 8.70. The number of ether oxygens (including phenoxy) is 1. The highest BCUT2D eigenvalue weighted by molar-refractivity contribution is 5.36. The third-order valence-corrected chi connectivity index (χ3v) is 1.95. The molecule has 1 unspecified atom stereocenters. The van der Waals surface area contributed by atoms with E-state index in [1.54, 1.807) is 13.8 Å². The fourth-order valence-corrected chi connectivity index (χ4v) is 1.20. The summed E-state index contributed by atoms with van der Waals surface area (Å²) in [7, 11) is 0. The summed E-state index contributed by atoms with van der Waals surface area (Å²) < 4.78 is 18.3. The fraction of sp³-hybridized carbons (Fsp3) is 0.364. The van der Waals surface area contributed by atoms with Crippen LogP contribution in [0.3, 0.4) is 0 Å². The van der Waals surface area contributed by atoms with E-state index in [4.69, 9.17) is 15.7 Å². The predicted molar refractivity (Wildman–Crippen MR) is 54.7 cm³/mol. The Morgan fingerprint density at radius 2 is 2.13 bits per heavy atom. The molecule has 15 heavy (non-hydrogen) atoms. The molecule has 2 N–H and O–H groups in total. The van der Waals surface area contributed by atoms with Crippen molar-refractivity contribution in [2.75, 3.05) is 0 Å². The molecule has 80 valence electrons. The number of nitrogens with zero attached hydrogens (tertiary/aromatic N) is 1. The molecular formula is C11H13FN2O. The lowest BCUT2D eigenvalue weighted by atomic mass is 10.1. The van der Waals surface area contributed by atoms with Crippen molar-refractivity contribution in [3.8, 4) is 11.8 Å². The first-order valence-corrected chi connectivity index (χ1v) is 4.66. The first-order chi connectivity index (χ1) is 7.04. The minimum atomic E-state index is -0.576. The highest BCUT2D eigenvalue weighted by atomic mass is 19.1. The van der Waals surface area contributed by atoms with E-state index in [0.717, 1.165) is 0 Å². The molecule has 4 heteroatoms. The van der Waals surface area contributed by atoms with Crippen LogP contribution >= 0.6 is 0 Å². The molecule has 0 aromatic heterocycles. The van der Waals surface area contributed by atoms with Crippen molar-refractivity contribution in [1.29, 1.82) is 5.26 Å². The van der Waals surface area contributed by atoms with Gasteiger partial charge in [-0.05, 0) is 32.0 Å². The van der Waals surface area contributed by atoms with Crippen molar-refractivity contribution in [3.05, 3.63) is 29.6 Å². The van der Waals surface area contributed by atoms with E-state index in [2.05, 4.69) is 0 Å². The molecule has 1 aromatic carbocycles. The number of hydrogen-bond acceptors (Lipinski definition) is 3. The molecule has 1 rings (SSSR count). The van der Waals surface area contributed by atoms with Gasteiger partial charge in [0.25, 0.3) is 0 Å². The quantitative estimate of drug-likeness (QED) is 0.827. The summed E-state index contributed by atoms with van der Waals surface area (Å²) in [5, 5.41) is 8.60. The SMILES string of the molecule is CC(C#N)Oc1ccc(F)cc1[C@H](C)N. The maximum Gasteiger partial charge on any atom is 0.181 e. The summed E-state index contributed by atoms with van der Waals surface area (Å²) in [5.41, 5.74) is 6.24. The lowest BCUT2D eigenvalue weighted by Gasteiger charge is -2.15. The lowest BCUT2D eigenvalue weighted by Crippen LogP contribution is -2.13. The van der Waals surface area contributed by atoms with E-state index >= 15 is 0 Å². The van der Waals surface area contributed by atoms with Crippen molar-refractivity contribution < 1.29 is 9.13 Å². The van der Waals surface area contributed by atoms with Crippen LogP contribution < -0.4 is 10.5 Å². The molecule has 0 bridgehead atoms. The fourth-order valence-electron chi connectivity index (χ4n) is 1.20. The second-order valence-electron chi connectivity index (χ2n) is 3.36. The highest BCUT2D eigenvalue weighted by Crippen LogP contribution is 2.25. The summed E-state index contributed by atoms with van der Waals surface area (Å²) in [6.07, 6.45) is -0.576. The Kier molecular flexibility index (Phi) is 3.64. The monoisotopic (exact) mass is 208 g/mol. The second kappa shape index (κ2) is 4.76. The topological polar surface area (TPSA) is 59.0 Å². The normalized spacial score (nSPS) is 14.1. The molecule has 0 spiro atoms. The predicted octanol–water partition coefficient (Wildman–Crippen LogP) is 2.14. The summed E-state index contributed by atoms with van der Waals surface area (Å²) in [5.74, 6) is 0.0970. The number of halogens is 1. The Balaban J connectivity index is 3.02. The van der Waals surface area contributed by atoms with Crippen molar-refractivity contribution in [2.45, 2.75) is 26.0 Å². The van der Waals surface area contributed by atoms with Crippen molar-refractivity contribution in [3.63, 3.8) is 0 Å². The van der Waals surface area contributed by atoms with Gasteiger partial charge < -0.3 is 10.5 Å². The van der Waals surface area contributed by atoms with Gasteiger partial charge in [0.1, 0.15) is 17.6 Å². The summed E-state index contributed by atoms with van der Waals surface area (Å²) >= 11 is 0.